The van der Waals surface area contributed by atoms with Crippen molar-refractivity contribution in [2.75, 3.05) is 40.3 Å². The van der Waals surface area contributed by atoms with E-state index in [1.54, 1.807) is 12.1 Å². The van der Waals surface area contributed by atoms with Crippen LogP contribution in [0.3, 0.4) is 0 Å². The Labute approximate surface area is 150 Å². The van der Waals surface area contributed by atoms with Gasteiger partial charge in [-0.15, -0.1) is 0 Å². The Kier molecular flexibility index (Phi) is 6.80. The second kappa shape index (κ2) is 8.64. The average Bonchev–Trinajstić information content (AvgIpc) is 2.57. The van der Waals surface area contributed by atoms with Crippen molar-refractivity contribution in [2.45, 2.75) is 30.7 Å². The molecule has 0 saturated carbocycles. The van der Waals surface area contributed by atoms with E-state index in [1.165, 1.54) is 19.2 Å². The van der Waals surface area contributed by atoms with Crippen molar-refractivity contribution in [3.05, 3.63) is 24.3 Å². The third kappa shape index (κ3) is 5.42. The monoisotopic (exact) mass is 369 g/mol. The first-order chi connectivity index (χ1) is 11.8. The van der Waals surface area contributed by atoms with Gasteiger partial charge in [-0.1, -0.05) is 0 Å². The van der Waals surface area contributed by atoms with Crippen molar-refractivity contribution in [1.82, 2.24) is 14.5 Å². The van der Waals surface area contributed by atoms with E-state index in [1.807, 2.05) is 6.92 Å². The zero-order valence-corrected chi connectivity index (χ0v) is 15.9. The molecular weight excluding hydrogens is 342 g/mol. The summed E-state index contributed by atoms with van der Waals surface area (Å²) in [6, 6.07) is 6.33. The highest BCUT2D eigenvalue weighted by atomic mass is 32.2. The number of rotatable bonds is 7. The summed E-state index contributed by atoms with van der Waals surface area (Å²) in [6.07, 6.45) is 1.77. The zero-order valence-electron chi connectivity index (χ0n) is 15.1. The van der Waals surface area contributed by atoms with Crippen molar-refractivity contribution in [3.8, 4) is 5.75 Å². The molecule has 1 fully saturated rings. The van der Waals surface area contributed by atoms with Crippen LogP contribution in [0.15, 0.2) is 29.2 Å². The van der Waals surface area contributed by atoms with Crippen LogP contribution in [0.4, 0.5) is 0 Å². The lowest BCUT2D eigenvalue weighted by atomic mass is 10.1. The van der Waals surface area contributed by atoms with Gasteiger partial charge >= 0.3 is 0 Å². The summed E-state index contributed by atoms with van der Waals surface area (Å²) < 4.78 is 31.5. The molecule has 1 heterocycles. The maximum atomic E-state index is 12.6. The first-order valence-electron chi connectivity index (χ1n) is 8.50. The first-order valence-corrected chi connectivity index (χ1v) is 9.94. The molecular formula is C17H27N3O4S. The lowest BCUT2D eigenvalue weighted by molar-refractivity contribution is -0.122. The fraction of sp³-hybridized carbons (Fsp3) is 0.588. The molecule has 2 rings (SSSR count). The lowest BCUT2D eigenvalue weighted by Gasteiger charge is -2.29. The van der Waals surface area contributed by atoms with Crippen molar-refractivity contribution in [1.29, 1.82) is 0 Å². The Morgan fingerprint density at radius 2 is 1.88 bits per heavy atom. The Morgan fingerprint density at radius 3 is 2.44 bits per heavy atom. The average molecular weight is 369 g/mol. The molecule has 1 aliphatic heterocycles. The number of hydrogen-bond acceptors (Lipinski definition) is 5. The molecule has 0 aliphatic carbocycles. The van der Waals surface area contributed by atoms with Crippen LogP contribution in [0.5, 0.6) is 5.75 Å². The summed E-state index contributed by atoms with van der Waals surface area (Å²) in [5, 5.41) is 2.93. The molecule has 140 valence electrons. The molecule has 0 bridgehead atoms. The number of hydrogen-bond donors (Lipinski definition) is 1. The van der Waals surface area contributed by atoms with Crippen molar-refractivity contribution < 1.29 is 17.9 Å². The molecule has 7 nitrogen and oxygen atoms in total. The summed E-state index contributed by atoms with van der Waals surface area (Å²) in [6.45, 7) is 4.06. The molecule has 1 N–H and O–H groups in total. The largest absolute Gasteiger partial charge is 0.494 e. The van der Waals surface area contributed by atoms with Crippen molar-refractivity contribution in [3.63, 3.8) is 0 Å². The smallest absolute Gasteiger partial charge is 0.243 e. The molecule has 0 aromatic heterocycles. The minimum absolute atomic E-state index is 0.116. The number of amides is 1. The predicted molar refractivity (Wildman–Crippen MR) is 96.1 cm³/mol. The van der Waals surface area contributed by atoms with Crippen LogP contribution in [0, 0.1) is 0 Å². The van der Waals surface area contributed by atoms with Crippen molar-refractivity contribution >= 4 is 15.9 Å². The molecule has 0 unspecified atom stereocenters. The number of likely N-dealkylation sites (N-methyl/N-ethyl adjacent to an activating group) is 1. The SMILES string of the molecule is CCOc1ccc(S(=O)(=O)N(C)CC(=O)NC2CCN(C)CC2)cc1. The quantitative estimate of drug-likeness (QED) is 0.773. The number of sulfonamides is 1. The number of ether oxygens (including phenoxy) is 1. The molecule has 1 aliphatic rings. The van der Waals surface area contributed by atoms with E-state index in [0.717, 1.165) is 30.2 Å². The molecule has 25 heavy (non-hydrogen) atoms. The normalized spacial score (nSPS) is 16.8. The second-order valence-corrected chi connectivity index (χ2v) is 8.36. The van der Waals surface area contributed by atoms with Gasteiger partial charge in [-0.3, -0.25) is 4.79 Å². The number of carbonyl (C=O) groups is 1. The first kappa shape index (κ1) is 19.7. The maximum Gasteiger partial charge on any atom is 0.243 e. The van der Waals surface area contributed by atoms with E-state index < -0.39 is 10.0 Å². The van der Waals surface area contributed by atoms with Crippen LogP contribution in [-0.2, 0) is 14.8 Å². The number of nitrogens with one attached hydrogen (secondary N) is 1. The third-order valence-corrected chi connectivity index (χ3v) is 6.11. The summed E-state index contributed by atoms with van der Waals surface area (Å²) in [5.74, 6) is 0.343. The summed E-state index contributed by atoms with van der Waals surface area (Å²) in [5.41, 5.74) is 0. The minimum atomic E-state index is -3.71. The van der Waals surface area contributed by atoms with E-state index in [-0.39, 0.29) is 23.4 Å². The highest BCUT2D eigenvalue weighted by Gasteiger charge is 2.25. The molecule has 1 aromatic carbocycles. The van der Waals surface area contributed by atoms with Crippen LogP contribution in [0.25, 0.3) is 0 Å². The van der Waals surface area contributed by atoms with Gasteiger partial charge in [-0.25, -0.2) is 8.42 Å². The summed E-state index contributed by atoms with van der Waals surface area (Å²) in [7, 11) is -0.239. The molecule has 1 saturated heterocycles. The van der Waals surface area contributed by atoms with Crippen LogP contribution >= 0.6 is 0 Å². The molecule has 0 radical (unpaired) electrons. The number of nitrogens with zero attached hydrogens (tertiary/aromatic N) is 2. The maximum absolute atomic E-state index is 12.6. The topological polar surface area (TPSA) is 79.0 Å². The Morgan fingerprint density at radius 1 is 1.28 bits per heavy atom. The summed E-state index contributed by atoms with van der Waals surface area (Å²) in [4.78, 5) is 14.5. The van der Waals surface area contributed by atoms with Gasteiger partial charge in [0, 0.05) is 13.1 Å². The number of carbonyl (C=O) groups excluding carboxylic acids is 1. The van der Waals surface area contributed by atoms with E-state index in [2.05, 4.69) is 17.3 Å². The Bertz CT molecular complexity index is 668. The van der Waals surface area contributed by atoms with Crippen LogP contribution < -0.4 is 10.1 Å². The number of likely N-dealkylation sites (tertiary alicyclic amines) is 1. The number of benzene rings is 1. The molecule has 1 aromatic rings. The van der Waals surface area contributed by atoms with E-state index in [0.29, 0.717) is 12.4 Å². The van der Waals surface area contributed by atoms with Gasteiger partial charge in [0.05, 0.1) is 18.0 Å². The van der Waals surface area contributed by atoms with Gasteiger partial charge in [0.25, 0.3) is 0 Å². The second-order valence-electron chi connectivity index (χ2n) is 6.31. The van der Waals surface area contributed by atoms with Crippen LogP contribution in [-0.4, -0.2) is 69.9 Å². The molecule has 8 heteroatoms. The molecule has 1 amide bonds. The minimum Gasteiger partial charge on any atom is -0.494 e. The third-order valence-electron chi connectivity index (χ3n) is 4.29. The van der Waals surface area contributed by atoms with E-state index in [4.69, 9.17) is 4.74 Å². The van der Waals surface area contributed by atoms with Crippen molar-refractivity contribution in [2.24, 2.45) is 0 Å². The highest BCUT2D eigenvalue weighted by molar-refractivity contribution is 7.89. The van der Waals surface area contributed by atoms with Gasteiger partial charge in [0.1, 0.15) is 5.75 Å². The van der Waals surface area contributed by atoms with E-state index in [9.17, 15) is 13.2 Å². The standard InChI is InChI=1S/C17H27N3O4S/c1-4-24-15-5-7-16(8-6-15)25(22,23)20(3)13-17(21)18-14-9-11-19(2)12-10-14/h5-8,14H,4,9-13H2,1-3H3,(H,18,21). The van der Waals surface area contributed by atoms with Gasteiger partial charge in [0.2, 0.25) is 15.9 Å². The van der Waals surface area contributed by atoms with Gasteiger partial charge in [-0.2, -0.15) is 4.31 Å². The van der Waals surface area contributed by atoms with Crippen LogP contribution in [0.2, 0.25) is 0 Å². The fourth-order valence-electron chi connectivity index (χ4n) is 2.77. The van der Waals surface area contributed by atoms with Gasteiger partial charge in [-0.05, 0) is 64.2 Å². The van der Waals surface area contributed by atoms with Gasteiger partial charge in [0.15, 0.2) is 0 Å². The molecule has 0 atom stereocenters. The van der Waals surface area contributed by atoms with Gasteiger partial charge < -0.3 is 15.0 Å². The molecule has 0 spiro atoms. The Balaban J connectivity index is 1.93. The lowest BCUT2D eigenvalue weighted by Crippen LogP contribution is -2.46. The fourth-order valence-corrected chi connectivity index (χ4v) is 3.90. The highest BCUT2D eigenvalue weighted by Crippen LogP contribution is 2.18. The Hall–Kier alpha value is -1.64. The van der Waals surface area contributed by atoms with Crippen LogP contribution in [0.1, 0.15) is 19.8 Å². The number of piperidine rings is 1. The zero-order chi connectivity index (χ0) is 18.4. The summed E-state index contributed by atoms with van der Waals surface area (Å²) >= 11 is 0. The van der Waals surface area contributed by atoms with E-state index >= 15 is 0 Å². The predicted octanol–water partition coefficient (Wildman–Crippen LogP) is 0.916.